The van der Waals surface area contributed by atoms with Crippen LogP contribution in [-0.2, 0) is 14.8 Å². The summed E-state index contributed by atoms with van der Waals surface area (Å²) in [5.74, 6) is 1.41. The van der Waals surface area contributed by atoms with E-state index >= 15 is 0 Å². The molecule has 3 aromatic rings. The summed E-state index contributed by atoms with van der Waals surface area (Å²) in [7, 11) is -3.85. The number of thiazole rings is 1. The highest BCUT2D eigenvalue weighted by Crippen LogP contribution is 2.37. The van der Waals surface area contributed by atoms with Crippen LogP contribution in [0.2, 0.25) is 0 Å². The van der Waals surface area contributed by atoms with Crippen molar-refractivity contribution in [3.8, 4) is 28.5 Å². The van der Waals surface area contributed by atoms with E-state index in [2.05, 4.69) is 9.71 Å². The van der Waals surface area contributed by atoms with Crippen molar-refractivity contribution in [1.29, 1.82) is 0 Å². The summed E-state index contributed by atoms with van der Waals surface area (Å²) >= 11 is 1.17. The SMILES string of the molecule is CCN1C(=O)COc2ccc(-c3csc(NS(=O)(=O)c4ccc5c(c4)OCO5)n3)cc21. The van der Waals surface area contributed by atoms with Gasteiger partial charge in [0.2, 0.25) is 6.79 Å². The fraction of sp³-hybridized carbons (Fsp3) is 0.200. The van der Waals surface area contributed by atoms with Crippen LogP contribution in [0.5, 0.6) is 17.2 Å². The van der Waals surface area contributed by atoms with Gasteiger partial charge < -0.3 is 19.1 Å². The Balaban J connectivity index is 1.41. The fourth-order valence-corrected chi connectivity index (χ4v) is 5.37. The molecule has 11 heteroatoms. The lowest BCUT2D eigenvalue weighted by molar-refractivity contribution is -0.121. The number of nitrogens with one attached hydrogen (secondary N) is 1. The van der Waals surface area contributed by atoms with Crippen LogP contribution in [0.25, 0.3) is 11.3 Å². The van der Waals surface area contributed by atoms with Gasteiger partial charge in [0.15, 0.2) is 23.2 Å². The van der Waals surface area contributed by atoms with Crippen molar-refractivity contribution in [2.45, 2.75) is 11.8 Å². The minimum Gasteiger partial charge on any atom is -0.482 e. The molecular weight excluding hydrogens is 442 g/mol. The first-order valence-corrected chi connectivity index (χ1v) is 11.8. The van der Waals surface area contributed by atoms with Crippen molar-refractivity contribution < 1.29 is 27.4 Å². The number of nitrogens with zero attached hydrogens (tertiary/aromatic N) is 2. The minimum absolute atomic E-state index is 0.0165. The maximum Gasteiger partial charge on any atom is 0.265 e. The number of fused-ring (bicyclic) bond motifs is 2. The molecule has 1 N–H and O–H groups in total. The molecule has 2 aliphatic heterocycles. The predicted molar refractivity (Wildman–Crippen MR) is 114 cm³/mol. The second-order valence-corrected chi connectivity index (χ2v) is 9.31. The van der Waals surface area contributed by atoms with Gasteiger partial charge in [0.25, 0.3) is 15.9 Å². The summed E-state index contributed by atoms with van der Waals surface area (Å²) in [5, 5.41) is 1.98. The second kappa shape index (κ2) is 7.43. The Morgan fingerprint density at radius 3 is 2.74 bits per heavy atom. The Kier molecular flexibility index (Phi) is 4.71. The molecule has 0 atom stereocenters. The molecule has 0 radical (unpaired) electrons. The van der Waals surface area contributed by atoms with E-state index in [9.17, 15) is 13.2 Å². The lowest BCUT2D eigenvalue weighted by Gasteiger charge is -2.28. The van der Waals surface area contributed by atoms with Gasteiger partial charge in [0.1, 0.15) is 5.75 Å². The van der Waals surface area contributed by atoms with Crippen LogP contribution in [-0.4, -0.2) is 39.3 Å². The van der Waals surface area contributed by atoms with Gasteiger partial charge in [-0.1, -0.05) is 0 Å². The van der Waals surface area contributed by atoms with Crippen LogP contribution in [0.4, 0.5) is 10.8 Å². The normalized spacial score (nSPS) is 14.9. The molecule has 2 aromatic carbocycles. The van der Waals surface area contributed by atoms with Crippen molar-refractivity contribution in [2.75, 3.05) is 29.6 Å². The zero-order valence-electron chi connectivity index (χ0n) is 16.3. The number of aromatic nitrogens is 1. The summed E-state index contributed by atoms with van der Waals surface area (Å²) in [6, 6.07) is 9.85. The van der Waals surface area contributed by atoms with Crippen LogP contribution >= 0.6 is 11.3 Å². The Morgan fingerprint density at radius 2 is 1.90 bits per heavy atom. The van der Waals surface area contributed by atoms with E-state index in [1.807, 2.05) is 19.1 Å². The first-order valence-electron chi connectivity index (χ1n) is 9.40. The maximum atomic E-state index is 12.8. The zero-order valence-corrected chi connectivity index (χ0v) is 18.0. The van der Waals surface area contributed by atoms with E-state index < -0.39 is 10.0 Å². The quantitative estimate of drug-likeness (QED) is 0.625. The second-order valence-electron chi connectivity index (χ2n) is 6.77. The van der Waals surface area contributed by atoms with Crippen LogP contribution in [0.3, 0.4) is 0 Å². The third kappa shape index (κ3) is 3.55. The Labute approximate surface area is 182 Å². The maximum absolute atomic E-state index is 12.8. The van der Waals surface area contributed by atoms with E-state index in [-0.39, 0.29) is 29.3 Å². The molecule has 0 bridgehead atoms. The predicted octanol–water partition coefficient (Wildman–Crippen LogP) is 3.08. The molecule has 0 saturated carbocycles. The highest BCUT2D eigenvalue weighted by Gasteiger charge is 2.25. The summed E-state index contributed by atoms with van der Waals surface area (Å²) in [5.41, 5.74) is 2.01. The lowest BCUT2D eigenvalue weighted by Crippen LogP contribution is -2.38. The van der Waals surface area contributed by atoms with Gasteiger partial charge in [-0.2, -0.15) is 0 Å². The van der Waals surface area contributed by atoms with Gasteiger partial charge in [-0.3, -0.25) is 9.52 Å². The van der Waals surface area contributed by atoms with Gasteiger partial charge in [0, 0.05) is 23.6 Å². The molecule has 3 heterocycles. The number of hydrogen-bond donors (Lipinski definition) is 1. The zero-order chi connectivity index (χ0) is 21.6. The third-order valence-electron chi connectivity index (χ3n) is 4.89. The number of carbonyl (C=O) groups is 1. The number of amides is 1. The number of anilines is 2. The van der Waals surface area contributed by atoms with Crippen LogP contribution < -0.4 is 23.8 Å². The van der Waals surface area contributed by atoms with E-state index in [1.54, 1.807) is 22.4 Å². The Morgan fingerprint density at radius 1 is 1.10 bits per heavy atom. The molecule has 160 valence electrons. The van der Waals surface area contributed by atoms with E-state index in [1.165, 1.54) is 23.5 Å². The summed E-state index contributed by atoms with van der Waals surface area (Å²) in [4.78, 5) is 18.2. The highest BCUT2D eigenvalue weighted by atomic mass is 32.2. The van der Waals surface area contributed by atoms with E-state index in [0.717, 1.165) is 5.56 Å². The number of rotatable bonds is 5. The highest BCUT2D eigenvalue weighted by molar-refractivity contribution is 7.93. The van der Waals surface area contributed by atoms with Gasteiger partial charge in [-0.15, -0.1) is 11.3 Å². The molecule has 1 amide bonds. The molecule has 0 saturated heterocycles. The molecule has 0 aliphatic carbocycles. The number of sulfonamides is 1. The van der Waals surface area contributed by atoms with Crippen molar-refractivity contribution in [1.82, 2.24) is 4.98 Å². The average Bonchev–Trinajstić information content (AvgIpc) is 3.42. The molecule has 2 aliphatic rings. The average molecular weight is 460 g/mol. The van der Waals surface area contributed by atoms with Gasteiger partial charge in [0.05, 0.1) is 16.3 Å². The summed E-state index contributed by atoms with van der Waals surface area (Å²) < 4.78 is 44.0. The van der Waals surface area contributed by atoms with Crippen molar-refractivity contribution >= 4 is 38.1 Å². The fourth-order valence-electron chi connectivity index (χ4n) is 3.38. The number of carbonyl (C=O) groups excluding carboxylic acids is 1. The van der Waals surface area contributed by atoms with Crippen LogP contribution in [0.15, 0.2) is 46.7 Å². The number of benzene rings is 2. The number of likely N-dealkylation sites (N-methyl/N-ethyl adjacent to an activating group) is 1. The van der Waals surface area contributed by atoms with Gasteiger partial charge >= 0.3 is 0 Å². The largest absolute Gasteiger partial charge is 0.482 e. The summed E-state index contributed by atoms with van der Waals surface area (Å²) in [6.07, 6.45) is 0. The molecule has 5 rings (SSSR count). The van der Waals surface area contributed by atoms with Crippen molar-refractivity contribution in [2.24, 2.45) is 0 Å². The molecule has 0 unspecified atom stereocenters. The van der Waals surface area contributed by atoms with Crippen LogP contribution in [0, 0.1) is 0 Å². The Bertz CT molecular complexity index is 1290. The molecular formula is C20H17N3O6S2. The van der Waals surface area contributed by atoms with Crippen molar-refractivity contribution in [3.05, 3.63) is 41.8 Å². The van der Waals surface area contributed by atoms with E-state index in [4.69, 9.17) is 14.2 Å². The standard InChI is InChI=1S/C20H17N3O6S2/c1-2-23-15-7-12(3-5-16(15)27-9-19(23)24)14-10-30-20(21-14)22-31(25,26)13-4-6-17-18(8-13)29-11-28-17/h3-8,10H,2,9,11H2,1H3,(H,21,22). The number of hydrogen-bond acceptors (Lipinski definition) is 8. The molecule has 9 nitrogen and oxygen atoms in total. The van der Waals surface area contributed by atoms with E-state index in [0.29, 0.717) is 35.2 Å². The first kappa shape index (κ1) is 19.6. The molecule has 31 heavy (non-hydrogen) atoms. The van der Waals surface area contributed by atoms with Gasteiger partial charge in [-0.05, 0) is 37.3 Å². The third-order valence-corrected chi connectivity index (χ3v) is 7.12. The minimum atomic E-state index is -3.85. The molecule has 1 aromatic heterocycles. The van der Waals surface area contributed by atoms with Crippen molar-refractivity contribution in [3.63, 3.8) is 0 Å². The summed E-state index contributed by atoms with van der Waals surface area (Å²) in [6.45, 7) is 2.50. The first-order chi connectivity index (χ1) is 14.9. The molecule has 0 fully saturated rings. The topological polar surface area (TPSA) is 107 Å². The number of ether oxygens (including phenoxy) is 3. The smallest absolute Gasteiger partial charge is 0.265 e. The monoisotopic (exact) mass is 459 g/mol. The Hall–Kier alpha value is -3.31. The lowest BCUT2D eigenvalue weighted by atomic mass is 10.1. The van der Waals surface area contributed by atoms with Crippen LogP contribution in [0.1, 0.15) is 6.92 Å². The molecule has 0 spiro atoms. The van der Waals surface area contributed by atoms with Gasteiger partial charge in [-0.25, -0.2) is 13.4 Å².